The first-order valence-corrected chi connectivity index (χ1v) is 9.11. The van der Waals surface area contributed by atoms with Gasteiger partial charge in [-0.3, -0.25) is 0 Å². The molecule has 6 heteroatoms. The second-order valence-electron chi connectivity index (χ2n) is 6.29. The highest BCUT2D eigenvalue weighted by molar-refractivity contribution is 7.80. The van der Waals surface area contributed by atoms with Crippen LogP contribution in [0.1, 0.15) is 5.56 Å². The van der Waals surface area contributed by atoms with E-state index < -0.39 is 0 Å². The average molecular weight is 372 g/mol. The third-order valence-electron chi connectivity index (χ3n) is 4.66. The van der Waals surface area contributed by atoms with E-state index in [1.165, 1.54) is 5.69 Å². The van der Waals surface area contributed by atoms with Crippen molar-refractivity contribution in [3.63, 3.8) is 0 Å². The SMILES string of the molecule is COc1cccc(N2CCN(C(=S)Nc3ccc(OC)cc3C)CC2)c1. The number of methoxy groups -OCH3 is 2. The van der Waals surface area contributed by atoms with Gasteiger partial charge in [0.2, 0.25) is 0 Å². The number of anilines is 2. The third-order valence-corrected chi connectivity index (χ3v) is 5.02. The first-order valence-electron chi connectivity index (χ1n) is 8.70. The maximum absolute atomic E-state index is 5.62. The molecule has 138 valence electrons. The van der Waals surface area contributed by atoms with E-state index in [2.05, 4.69) is 27.2 Å². The summed E-state index contributed by atoms with van der Waals surface area (Å²) in [5.41, 5.74) is 3.32. The Hall–Kier alpha value is -2.47. The molecule has 0 aromatic heterocycles. The fraction of sp³-hybridized carbons (Fsp3) is 0.350. The van der Waals surface area contributed by atoms with E-state index >= 15 is 0 Å². The van der Waals surface area contributed by atoms with Crippen LogP contribution in [0.5, 0.6) is 11.5 Å². The maximum Gasteiger partial charge on any atom is 0.173 e. The molecular formula is C20H25N3O2S. The summed E-state index contributed by atoms with van der Waals surface area (Å²) in [4.78, 5) is 4.58. The highest BCUT2D eigenvalue weighted by atomic mass is 32.1. The van der Waals surface area contributed by atoms with Crippen LogP contribution >= 0.6 is 12.2 Å². The number of ether oxygens (including phenoxy) is 2. The van der Waals surface area contributed by atoms with Gasteiger partial charge in [-0.15, -0.1) is 0 Å². The molecule has 1 saturated heterocycles. The first-order chi connectivity index (χ1) is 12.6. The lowest BCUT2D eigenvalue weighted by molar-refractivity contribution is 0.389. The van der Waals surface area contributed by atoms with Crippen molar-refractivity contribution < 1.29 is 9.47 Å². The summed E-state index contributed by atoms with van der Waals surface area (Å²) in [6.07, 6.45) is 0. The van der Waals surface area contributed by atoms with Crippen LogP contribution in [-0.4, -0.2) is 50.4 Å². The zero-order valence-corrected chi connectivity index (χ0v) is 16.3. The summed E-state index contributed by atoms with van der Waals surface area (Å²) < 4.78 is 10.6. The Bertz CT molecular complexity index is 773. The normalized spacial score (nSPS) is 14.1. The number of piperazine rings is 1. The average Bonchev–Trinajstić information content (AvgIpc) is 2.69. The van der Waals surface area contributed by atoms with Crippen molar-refractivity contribution in [3.05, 3.63) is 48.0 Å². The first kappa shape index (κ1) is 18.3. The molecular weight excluding hydrogens is 346 g/mol. The summed E-state index contributed by atoms with van der Waals surface area (Å²) in [5.74, 6) is 1.74. The summed E-state index contributed by atoms with van der Waals surface area (Å²) >= 11 is 5.62. The molecule has 2 aromatic rings. The standard InChI is InChI=1S/C20H25N3O2S/c1-15-13-18(25-3)7-8-19(15)21-20(26)23-11-9-22(10-12-23)16-5-4-6-17(14-16)24-2/h4-8,13-14H,9-12H2,1-3H3,(H,21,26). The molecule has 3 rings (SSSR count). The molecule has 1 aliphatic heterocycles. The van der Waals surface area contributed by atoms with E-state index in [1.807, 2.05) is 37.3 Å². The number of hydrogen-bond acceptors (Lipinski definition) is 4. The van der Waals surface area contributed by atoms with E-state index in [4.69, 9.17) is 21.7 Å². The van der Waals surface area contributed by atoms with Gasteiger partial charge in [0, 0.05) is 43.6 Å². The van der Waals surface area contributed by atoms with Crippen LogP contribution < -0.4 is 19.7 Å². The zero-order valence-electron chi connectivity index (χ0n) is 15.5. The number of nitrogens with one attached hydrogen (secondary N) is 1. The quantitative estimate of drug-likeness (QED) is 0.829. The molecule has 0 unspecified atom stereocenters. The van der Waals surface area contributed by atoms with Gasteiger partial charge in [-0.05, 0) is 55.0 Å². The van der Waals surface area contributed by atoms with E-state index in [0.717, 1.165) is 54.0 Å². The van der Waals surface area contributed by atoms with Crippen LogP contribution in [0.3, 0.4) is 0 Å². The van der Waals surface area contributed by atoms with Gasteiger partial charge < -0.3 is 24.6 Å². The van der Waals surface area contributed by atoms with Gasteiger partial charge in [0.1, 0.15) is 11.5 Å². The lowest BCUT2D eigenvalue weighted by Crippen LogP contribution is -2.50. The third kappa shape index (κ3) is 4.19. The molecule has 0 atom stereocenters. The van der Waals surface area contributed by atoms with Crippen LogP contribution in [0.25, 0.3) is 0 Å². The predicted molar refractivity (Wildman–Crippen MR) is 111 cm³/mol. The summed E-state index contributed by atoms with van der Waals surface area (Å²) in [6, 6.07) is 14.1. The highest BCUT2D eigenvalue weighted by Gasteiger charge is 2.20. The van der Waals surface area contributed by atoms with Crippen molar-refractivity contribution in [3.8, 4) is 11.5 Å². The van der Waals surface area contributed by atoms with Crippen LogP contribution in [0.15, 0.2) is 42.5 Å². The molecule has 0 radical (unpaired) electrons. The molecule has 0 aliphatic carbocycles. The summed E-state index contributed by atoms with van der Waals surface area (Å²) in [6.45, 7) is 5.68. The Labute approximate surface area is 160 Å². The van der Waals surface area contributed by atoms with E-state index in [-0.39, 0.29) is 0 Å². The summed E-state index contributed by atoms with van der Waals surface area (Å²) in [5, 5.41) is 4.13. The molecule has 1 fully saturated rings. The van der Waals surface area contributed by atoms with Crippen LogP contribution in [-0.2, 0) is 0 Å². The fourth-order valence-corrected chi connectivity index (χ4v) is 3.37. The molecule has 2 aromatic carbocycles. The minimum absolute atomic E-state index is 0.767. The van der Waals surface area contributed by atoms with Crippen molar-refractivity contribution in [2.75, 3.05) is 50.6 Å². The minimum Gasteiger partial charge on any atom is -0.497 e. The van der Waals surface area contributed by atoms with Crippen molar-refractivity contribution in [2.45, 2.75) is 6.92 Å². The Balaban J connectivity index is 1.58. The molecule has 1 heterocycles. The Kier molecular flexibility index (Phi) is 5.83. The predicted octanol–water partition coefficient (Wildman–Crippen LogP) is 3.53. The lowest BCUT2D eigenvalue weighted by atomic mass is 10.2. The van der Waals surface area contributed by atoms with Gasteiger partial charge in [-0.2, -0.15) is 0 Å². The maximum atomic E-state index is 5.62. The van der Waals surface area contributed by atoms with Crippen molar-refractivity contribution in [1.82, 2.24) is 4.90 Å². The van der Waals surface area contributed by atoms with E-state index in [1.54, 1.807) is 14.2 Å². The van der Waals surface area contributed by atoms with Crippen LogP contribution in [0, 0.1) is 6.92 Å². The largest absolute Gasteiger partial charge is 0.497 e. The van der Waals surface area contributed by atoms with Crippen LogP contribution in [0.4, 0.5) is 11.4 Å². The van der Waals surface area contributed by atoms with Gasteiger partial charge in [0.15, 0.2) is 5.11 Å². The molecule has 0 amide bonds. The lowest BCUT2D eigenvalue weighted by Gasteiger charge is -2.37. The van der Waals surface area contributed by atoms with E-state index in [0.29, 0.717) is 0 Å². The van der Waals surface area contributed by atoms with Crippen molar-refractivity contribution >= 4 is 28.7 Å². The number of rotatable bonds is 4. The fourth-order valence-electron chi connectivity index (χ4n) is 3.07. The second kappa shape index (κ2) is 8.27. The zero-order chi connectivity index (χ0) is 18.5. The molecule has 0 bridgehead atoms. The number of hydrogen-bond donors (Lipinski definition) is 1. The van der Waals surface area contributed by atoms with Gasteiger partial charge >= 0.3 is 0 Å². The number of thiocarbonyl (C=S) groups is 1. The number of aryl methyl sites for hydroxylation is 1. The van der Waals surface area contributed by atoms with Crippen molar-refractivity contribution in [2.24, 2.45) is 0 Å². The van der Waals surface area contributed by atoms with Gasteiger partial charge in [0.25, 0.3) is 0 Å². The van der Waals surface area contributed by atoms with Gasteiger partial charge in [-0.25, -0.2) is 0 Å². The minimum atomic E-state index is 0.767. The van der Waals surface area contributed by atoms with E-state index in [9.17, 15) is 0 Å². The number of nitrogens with zero attached hydrogens (tertiary/aromatic N) is 2. The summed E-state index contributed by atoms with van der Waals surface area (Å²) in [7, 11) is 3.37. The smallest absolute Gasteiger partial charge is 0.173 e. The Morgan fingerprint density at radius 2 is 1.65 bits per heavy atom. The Morgan fingerprint density at radius 3 is 2.31 bits per heavy atom. The van der Waals surface area contributed by atoms with Crippen LogP contribution in [0.2, 0.25) is 0 Å². The Morgan fingerprint density at radius 1 is 0.962 bits per heavy atom. The molecule has 0 spiro atoms. The monoisotopic (exact) mass is 371 g/mol. The molecule has 1 N–H and O–H groups in total. The molecule has 26 heavy (non-hydrogen) atoms. The van der Waals surface area contributed by atoms with Gasteiger partial charge in [-0.1, -0.05) is 6.07 Å². The second-order valence-corrected chi connectivity index (χ2v) is 6.67. The molecule has 5 nitrogen and oxygen atoms in total. The topological polar surface area (TPSA) is 37.0 Å². The molecule has 0 saturated carbocycles. The highest BCUT2D eigenvalue weighted by Crippen LogP contribution is 2.24. The van der Waals surface area contributed by atoms with Crippen molar-refractivity contribution in [1.29, 1.82) is 0 Å². The number of benzene rings is 2. The van der Waals surface area contributed by atoms with Gasteiger partial charge in [0.05, 0.1) is 14.2 Å². The molecule has 1 aliphatic rings.